The fourth-order valence-electron chi connectivity index (χ4n) is 2.97. The molecule has 0 bridgehead atoms. The maximum atomic E-state index is 13.2. The zero-order valence-corrected chi connectivity index (χ0v) is 16.9. The highest BCUT2D eigenvalue weighted by atomic mass is 32.2. The summed E-state index contributed by atoms with van der Waals surface area (Å²) in [6, 6.07) is 21.2. The van der Waals surface area contributed by atoms with Crippen molar-refractivity contribution in [3.63, 3.8) is 0 Å². The van der Waals surface area contributed by atoms with Gasteiger partial charge in [0.25, 0.3) is 5.56 Å². The summed E-state index contributed by atoms with van der Waals surface area (Å²) in [7, 11) is 0. The zero-order valence-electron chi connectivity index (χ0n) is 16.0. The summed E-state index contributed by atoms with van der Waals surface area (Å²) in [5.74, 6) is -0.115. The van der Waals surface area contributed by atoms with Crippen LogP contribution in [0.5, 0.6) is 0 Å². The predicted octanol–water partition coefficient (Wildman–Crippen LogP) is 3.50. The Morgan fingerprint density at radius 3 is 2.04 bits per heavy atom. The molecule has 1 aromatic heterocycles. The molecule has 3 aromatic rings. The molecule has 1 amide bonds. The summed E-state index contributed by atoms with van der Waals surface area (Å²) >= 11 is 1.37. The molecule has 6 heteroatoms. The van der Waals surface area contributed by atoms with Crippen molar-refractivity contribution >= 4 is 17.7 Å². The lowest BCUT2D eigenvalue weighted by atomic mass is 10.1. The maximum absolute atomic E-state index is 13.2. The molecule has 1 heterocycles. The van der Waals surface area contributed by atoms with E-state index in [9.17, 15) is 9.59 Å². The van der Waals surface area contributed by atoms with Gasteiger partial charge < -0.3 is 4.90 Å². The summed E-state index contributed by atoms with van der Waals surface area (Å²) in [5, 5.41) is 0.553. The second kappa shape index (κ2) is 9.37. The monoisotopic (exact) mass is 393 g/mol. The Labute approximate surface area is 169 Å². The van der Waals surface area contributed by atoms with Gasteiger partial charge in [0.05, 0.1) is 0 Å². The Kier molecular flexibility index (Phi) is 6.66. The molecule has 0 aliphatic heterocycles. The Morgan fingerprint density at radius 2 is 1.54 bits per heavy atom. The van der Waals surface area contributed by atoms with E-state index in [1.807, 2.05) is 66.9 Å². The number of nitrogens with zero attached hydrogens (tertiary/aromatic N) is 3. The third-order valence-corrected chi connectivity index (χ3v) is 5.04. The first-order chi connectivity index (χ1) is 13.6. The van der Waals surface area contributed by atoms with Gasteiger partial charge in [-0.2, -0.15) is 0 Å². The number of hydrogen-bond donors (Lipinski definition) is 0. The standard InChI is InChI=1S/C22H23N3O2S/c1-17-13-20(26)25(22(23-17)28-2)16-21(27)24(14-18-9-5-3-6-10-18)15-19-11-7-4-8-12-19/h3-13H,14-16H2,1-2H3. The van der Waals surface area contributed by atoms with Gasteiger partial charge >= 0.3 is 0 Å². The van der Waals surface area contributed by atoms with Crippen molar-refractivity contribution in [2.45, 2.75) is 31.7 Å². The Hall–Kier alpha value is -2.86. The number of carbonyl (C=O) groups is 1. The zero-order chi connectivity index (χ0) is 19.9. The average molecular weight is 394 g/mol. The third-order valence-electron chi connectivity index (χ3n) is 4.36. The van der Waals surface area contributed by atoms with Crippen molar-refractivity contribution in [1.29, 1.82) is 0 Å². The van der Waals surface area contributed by atoms with E-state index in [0.717, 1.165) is 11.1 Å². The number of thioether (sulfide) groups is 1. The van der Waals surface area contributed by atoms with Crippen LogP contribution in [0.1, 0.15) is 16.8 Å². The normalized spacial score (nSPS) is 10.6. The summed E-state index contributed by atoms with van der Waals surface area (Å²) in [6.45, 7) is 2.72. The molecule has 0 atom stereocenters. The first-order valence-corrected chi connectivity index (χ1v) is 10.3. The molecule has 0 fully saturated rings. The Bertz CT molecular complexity index is 946. The minimum Gasteiger partial charge on any atom is -0.332 e. The molecule has 28 heavy (non-hydrogen) atoms. The van der Waals surface area contributed by atoms with Gasteiger partial charge in [0.15, 0.2) is 5.16 Å². The smallest absolute Gasteiger partial charge is 0.254 e. The summed E-state index contributed by atoms with van der Waals surface area (Å²) in [5.41, 5.74) is 2.55. The molecule has 0 unspecified atom stereocenters. The van der Waals surface area contributed by atoms with Crippen LogP contribution in [0.25, 0.3) is 0 Å². The van der Waals surface area contributed by atoms with Gasteiger partial charge in [-0.3, -0.25) is 14.2 Å². The molecule has 0 aliphatic rings. The van der Waals surface area contributed by atoms with E-state index in [0.29, 0.717) is 23.9 Å². The molecule has 0 spiro atoms. The molecule has 0 aliphatic carbocycles. The summed E-state index contributed by atoms with van der Waals surface area (Å²) < 4.78 is 1.45. The van der Waals surface area contributed by atoms with Crippen molar-refractivity contribution in [1.82, 2.24) is 14.5 Å². The number of benzene rings is 2. The average Bonchev–Trinajstić information content (AvgIpc) is 2.70. The number of aryl methyl sites for hydroxylation is 1. The van der Waals surface area contributed by atoms with E-state index in [2.05, 4.69) is 4.98 Å². The lowest BCUT2D eigenvalue weighted by Crippen LogP contribution is -2.36. The molecule has 2 aromatic carbocycles. The highest BCUT2D eigenvalue weighted by Crippen LogP contribution is 2.14. The Morgan fingerprint density at radius 1 is 1.00 bits per heavy atom. The van der Waals surface area contributed by atoms with Crippen molar-refractivity contribution in [2.75, 3.05) is 6.26 Å². The molecule has 0 saturated heterocycles. The molecule has 5 nitrogen and oxygen atoms in total. The fourth-order valence-corrected chi connectivity index (χ4v) is 3.58. The van der Waals surface area contributed by atoms with Crippen LogP contribution in [0.3, 0.4) is 0 Å². The molecule has 0 N–H and O–H groups in total. The minimum atomic E-state index is -0.204. The number of amides is 1. The van der Waals surface area contributed by atoms with Gasteiger partial charge in [-0.05, 0) is 24.3 Å². The second-order valence-corrected chi connectivity index (χ2v) is 7.30. The fraction of sp³-hybridized carbons (Fsp3) is 0.227. The van der Waals surface area contributed by atoms with E-state index in [1.165, 1.54) is 22.4 Å². The van der Waals surface area contributed by atoms with Crippen LogP contribution < -0.4 is 5.56 Å². The van der Waals surface area contributed by atoms with Crippen molar-refractivity contribution in [2.24, 2.45) is 0 Å². The molecular formula is C22H23N3O2S. The second-order valence-electron chi connectivity index (χ2n) is 6.53. The van der Waals surface area contributed by atoms with Crippen LogP contribution in [0.2, 0.25) is 0 Å². The molecule has 0 radical (unpaired) electrons. The highest BCUT2D eigenvalue weighted by molar-refractivity contribution is 7.98. The van der Waals surface area contributed by atoms with E-state index < -0.39 is 0 Å². The maximum Gasteiger partial charge on any atom is 0.254 e. The van der Waals surface area contributed by atoms with Crippen LogP contribution in [-0.4, -0.2) is 26.6 Å². The lowest BCUT2D eigenvalue weighted by molar-refractivity contribution is -0.133. The SMILES string of the molecule is CSc1nc(C)cc(=O)n1CC(=O)N(Cc1ccccc1)Cc1ccccc1. The highest BCUT2D eigenvalue weighted by Gasteiger charge is 2.18. The molecule has 144 valence electrons. The van der Waals surface area contributed by atoms with Crippen LogP contribution in [0.4, 0.5) is 0 Å². The van der Waals surface area contributed by atoms with E-state index >= 15 is 0 Å². The van der Waals surface area contributed by atoms with Crippen molar-refractivity contribution in [3.05, 3.63) is 93.9 Å². The van der Waals surface area contributed by atoms with E-state index in [4.69, 9.17) is 0 Å². The number of carbonyl (C=O) groups excluding carboxylic acids is 1. The van der Waals surface area contributed by atoms with Gasteiger partial charge in [0.2, 0.25) is 5.91 Å². The third kappa shape index (κ3) is 5.10. The van der Waals surface area contributed by atoms with Crippen LogP contribution in [-0.2, 0) is 24.4 Å². The first-order valence-electron chi connectivity index (χ1n) is 9.05. The number of aromatic nitrogens is 2. The van der Waals surface area contributed by atoms with Crippen LogP contribution in [0, 0.1) is 6.92 Å². The molecule has 3 rings (SSSR count). The van der Waals surface area contributed by atoms with E-state index in [1.54, 1.807) is 11.8 Å². The van der Waals surface area contributed by atoms with Crippen molar-refractivity contribution in [3.8, 4) is 0 Å². The van der Waals surface area contributed by atoms with Crippen LogP contribution >= 0.6 is 11.8 Å². The first kappa shape index (κ1) is 19.9. The van der Waals surface area contributed by atoms with Gasteiger partial charge in [-0.15, -0.1) is 0 Å². The topological polar surface area (TPSA) is 55.2 Å². The molecule has 0 saturated carbocycles. The number of rotatable bonds is 7. The Balaban J connectivity index is 1.87. The van der Waals surface area contributed by atoms with Gasteiger partial charge in [-0.1, -0.05) is 72.4 Å². The van der Waals surface area contributed by atoms with Crippen LogP contribution in [0.15, 0.2) is 76.7 Å². The summed E-state index contributed by atoms with van der Waals surface area (Å²) in [6.07, 6.45) is 1.86. The van der Waals surface area contributed by atoms with Gasteiger partial charge in [-0.25, -0.2) is 4.98 Å². The minimum absolute atomic E-state index is 0.0258. The largest absolute Gasteiger partial charge is 0.332 e. The lowest BCUT2D eigenvalue weighted by Gasteiger charge is -2.24. The molecular weight excluding hydrogens is 370 g/mol. The van der Waals surface area contributed by atoms with Gasteiger partial charge in [0.1, 0.15) is 6.54 Å². The van der Waals surface area contributed by atoms with E-state index in [-0.39, 0.29) is 18.0 Å². The predicted molar refractivity (Wildman–Crippen MR) is 112 cm³/mol. The van der Waals surface area contributed by atoms with Gasteiger partial charge in [0, 0.05) is 24.8 Å². The quantitative estimate of drug-likeness (QED) is 0.455. The van der Waals surface area contributed by atoms with Crippen molar-refractivity contribution < 1.29 is 4.79 Å². The number of hydrogen-bond acceptors (Lipinski definition) is 4. The summed E-state index contributed by atoms with van der Waals surface area (Å²) in [4.78, 5) is 31.8.